The first-order valence-electron chi connectivity index (χ1n) is 6.95. The van der Waals surface area contributed by atoms with E-state index in [1.807, 2.05) is 29.8 Å². The number of halogens is 1. The molecule has 1 aliphatic heterocycles. The molecule has 0 unspecified atom stereocenters. The van der Waals surface area contributed by atoms with Gasteiger partial charge in [-0.2, -0.15) is 0 Å². The van der Waals surface area contributed by atoms with Crippen LogP contribution in [0.5, 0.6) is 5.75 Å². The smallest absolute Gasteiger partial charge is 0.185 e. The normalized spacial score (nSPS) is 16.2. The molecule has 2 heterocycles. The Hall–Kier alpha value is -1.30. The van der Waals surface area contributed by atoms with Crippen LogP contribution >= 0.6 is 22.9 Å². The molecule has 21 heavy (non-hydrogen) atoms. The van der Waals surface area contributed by atoms with Gasteiger partial charge in [-0.15, -0.1) is 11.3 Å². The molecule has 112 valence electrons. The number of nitrogens with zero attached hydrogens (tertiary/aromatic N) is 3. The van der Waals surface area contributed by atoms with Crippen molar-refractivity contribution in [3.8, 4) is 5.75 Å². The molecule has 0 bridgehead atoms. The molecule has 1 saturated heterocycles. The maximum Gasteiger partial charge on any atom is 0.185 e. The summed E-state index contributed by atoms with van der Waals surface area (Å²) in [5.41, 5.74) is 1.15. The Morgan fingerprint density at radius 2 is 2.10 bits per heavy atom. The van der Waals surface area contributed by atoms with Gasteiger partial charge in [0.2, 0.25) is 0 Å². The first kappa shape index (κ1) is 14.6. The Labute approximate surface area is 133 Å². The van der Waals surface area contributed by atoms with Crippen LogP contribution in [0.2, 0.25) is 5.02 Å². The molecule has 0 amide bonds. The minimum atomic E-state index is 0.757. The van der Waals surface area contributed by atoms with Crippen LogP contribution in [0.4, 0.5) is 5.13 Å². The van der Waals surface area contributed by atoms with Crippen molar-refractivity contribution in [1.29, 1.82) is 0 Å². The Morgan fingerprint density at radius 3 is 2.76 bits per heavy atom. The number of hydrogen-bond acceptors (Lipinski definition) is 5. The maximum absolute atomic E-state index is 6.09. The van der Waals surface area contributed by atoms with E-state index in [2.05, 4.69) is 14.8 Å². The third-order valence-electron chi connectivity index (χ3n) is 3.70. The van der Waals surface area contributed by atoms with Crippen LogP contribution in [0, 0.1) is 0 Å². The maximum atomic E-state index is 6.09. The monoisotopic (exact) mass is 323 g/mol. The SMILES string of the molecule is COc1ccc(Cl)cc1CN1CCN(c2nccs2)CC1. The first-order chi connectivity index (χ1) is 10.3. The molecule has 1 fully saturated rings. The minimum Gasteiger partial charge on any atom is -0.496 e. The summed E-state index contributed by atoms with van der Waals surface area (Å²) in [7, 11) is 1.70. The quantitative estimate of drug-likeness (QED) is 0.864. The zero-order chi connectivity index (χ0) is 14.7. The lowest BCUT2D eigenvalue weighted by molar-refractivity contribution is 0.246. The number of anilines is 1. The molecule has 1 aromatic carbocycles. The molecule has 0 N–H and O–H groups in total. The van der Waals surface area contributed by atoms with Crippen LogP contribution in [0.1, 0.15) is 5.56 Å². The number of hydrogen-bond donors (Lipinski definition) is 0. The zero-order valence-electron chi connectivity index (χ0n) is 12.0. The number of ether oxygens (including phenoxy) is 1. The van der Waals surface area contributed by atoms with Gasteiger partial charge in [-0.1, -0.05) is 11.6 Å². The Kier molecular flexibility index (Phi) is 4.63. The van der Waals surface area contributed by atoms with Gasteiger partial charge in [0, 0.05) is 54.9 Å². The van der Waals surface area contributed by atoms with Crippen LogP contribution in [0.25, 0.3) is 0 Å². The molecule has 0 spiro atoms. The highest BCUT2D eigenvalue weighted by molar-refractivity contribution is 7.13. The molecule has 2 aromatic rings. The van der Waals surface area contributed by atoms with Crippen molar-refractivity contribution in [2.75, 3.05) is 38.2 Å². The summed E-state index contributed by atoms with van der Waals surface area (Å²) in [5, 5.41) is 3.90. The second kappa shape index (κ2) is 6.64. The van der Waals surface area contributed by atoms with Crippen molar-refractivity contribution in [1.82, 2.24) is 9.88 Å². The van der Waals surface area contributed by atoms with Gasteiger partial charge in [0.05, 0.1) is 7.11 Å². The lowest BCUT2D eigenvalue weighted by Crippen LogP contribution is -2.45. The molecule has 4 nitrogen and oxygen atoms in total. The average Bonchev–Trinajstić information content (AvgIpc) is 3.03. The zero-order valence-corrected chi connectivity index (χ0v) is 13.5. The van der Waals surface area contributed by atoms with E-state index in [1.54, 1.807) is 18.4 Å². The molecular weight excluding hydrogens is 306 g/mol. The molecule has 3 rings (SSSR count). The van der Waals surface area contributed by atoms with Crippen molar-refractivity contribution >= 4 is 28.1 Å². The topological polar surface area (TPSA) is 28.6 Å². The largest absolute Gasteiger partial charge is 0.496 e. The van der Waals surface area contributed by atoms with Gasteiger partial charge in [0.25, 0.3) is 0 Å². The molecule has 6 heteroatoms. The van der Waals surface area contributed by atoms with Crippen molar-refractivity contribution in [2.24, 2.45) is 0 Å². The van der Waals surface area contributed by atoms with Crippen molar-refractivity contribution in [2.45, 2.75) is 6.54 Å². The predicted octanol–water partition coefficient (Wildman–Crippen LogP) is 3.13. The van der Waals surface area contributed by atoms with E-state index in [0.717, 1.165) is 54.2 Å². The summed E-state index contributed by atoms with van der Waals surface area (Å²) < 4.78 is 5.42. The second-order valence-corrected chi connectivity index (χ2v) is 6.34. The third kappa shape index (κ3) is 3.48. The van der Waals surface area contributed by atoms with E-state index in [1.165, 1.54) is 0 Å². The molecule has 0 saturated carbocycles. The van der Waals surface area contributed by atoms with Gasteiger partial charge in [0.1, 0.15) is 5.75 Å². The van der Waals surface area contributed by atoms with Gasteiger partial charge in [0.15, 0.2) is 5.13 Å². The molecule has 0 radical (unpaired) electrons. The van der Waals surface area contributed by atoms with Crippen molar-refractivity contribution in [3.63, 3.8) is 0 Å². The van der Waals surface area contributed by atoms with E-state index in [-0.39, 0.29) is 0 Å². The van der Waals surface area contributed by atoms with Crippen LogP contribution < -0.4 is 9.64 Å². The lowest BCUT2D eigenvalue weighted by Gasteiger charge is -2.34. The van der Waals surface area contributed by atoms with Crippen molar-refractivity contribution < 1.29 is 4.74 Å². The van der Waals surface area contributed by atoms with E-state index in [4.69, 9.17) is 16.3 Å². The molecule has 0 atom stereocenters. The van der Waals surface area contributed by atoms with E-state index >= 15 is 0 Å². The fraction of sp³-hybridized carbons (Fsp3) is 0.400. The number of rotatable bonds is 4. The van der Waals surface area contributed by atoms with Gasteiger partial charge in [-0.25, -0.2) is 4.98 Å². The lowest BCUT2D eigenvalue weighted by atomic mass is 10.1. The molecule has 1 aromatic heterocycles. The Morgan fingerprint density at radius 1 is 1.29 bits per heavy atom. The minimum absolute atomic E-state index is 0.757. The summed E-state index contributed by atoms with van der Waals surface area (Å²) in [4.78, 5) is 9.15. The molecular formula is C15H18ClN3OS. The van der Waals surface area contributed by atoms with E-state index in [9.17, 15) is 0 Å². The fourth-order valence-corrected chi connectivity index (χ4v) is 3.47. The van der Waals surface area contributed by atoms with Crippen molar-refractivity contribution in [3.05, 3.63) is 40.4 Å². The fourth-order valence-electron chi connectivity index (χ4n) is 2.58. The van der Waals surface area contributed by atoms with Gasteiger partial charge < -0.3 is 9.64 Å². The van der Waals surface area contributed by atoms with Gasteiger partial charge in [-0.3, -0.25) is 4.90 Å². The van der Waals surface area contributed by atoms with E-state index in [0.29, 0.717) is 0 Å². The van der Waals surface area contributed by atoms with Gasteiger partial charge in [-0.05, 0) is 18.2 Å². The summed E-state index contributed by atoms with van der Waals surface area (Å²) in [6.07, 6.45) is 1.86. The average molecular weight is 324 g/mol. The summed E-state index contributed by atoms with van der Waals surface area (Å²) >= 11 is 7.79. The number of piperazine rings is 1. The number of methoxy groups -OCH3 is 1. The van der Waals surface area contributed by atoms with Crippen LogP contribution in [0.15, 0.2) is 29.8 Å². The van der Waals surface area contributed by atoms with Gasteiger partial charge >= 0.3 is 0 Å². The predicted molar refractivity (Wildman–Crippen MR) is 87.6 cm³/mol. The highest BCUT2D eigenvalue weighted by Gasteiger charge is 2.19. The number of thiazole rings is 1. The summed E-state index contributed by atoms with van der Waals surface area (Å²) in [6.45, 7) is 4.94. The van der Waals surface area contributed by atoms with E-state index < -0.39 is 0 Å². The molecule has 0 aliphatic carbocycles. The highest BCUT2D eigenvalue weighted by atomic mass is 35.5. The standard InChI is InChI=1S/C15H18ClN3OS/c1-20-14-3-2-13(16)10-12(14)11-18-5-7-19(8-6-18)15-17-4-9-21-15/h2-4,9-10H,5-8,11H2,1H3. The Balaban J connectivity index is 1.62. The number of aromatic nitrogens is 1. The second-order valence-electron chi connectivity index (χ2n) is 5.03. The first-order valence-corrected chi connectivity index (χ1v) is 8.21. The van der Waals surface area contributed by atoms with Crippen LogP contribution in [-0.4, -0.2) is 43.2 Å². The summed E-state index contributed by atoms with van der Waals surface area (Å²) in [5.74, 6) is 0.904. The highest BCUT2D eigenvalue weighted by Crippen LogP contribution is 2.25. The number of benzene rings is 1. The Bertz CT molecular complexity index is 583. The molecule has 1 aliphatic rings. The third-order valence-corrected chi connectivity index (χ3v) is 4.77. The van der Waals surface area contributed by atoms with Crippen LogP contribution in [0.3, 0.4) is 0 Å². The van der Waals surface area contributed by atoms with Crippen LogP contribution in [-0.2, 0) is 6.54 Å². The summed E-state index contributed by atoms with van der Waals surface area (Å²) in [6, 6.07) is 5.79.